The van der Waals surface area contributed by atoms with Gasteiger partial charge in [0, 0.05) is 10.7 Å². The van der Waals surface area contributed by atoms with E-state index in [4.69, 9.17) is 32.4 Å². The third kappa shape index (κ3) is 5.93. The molecule has 1 amide bonds. The monoisotopic (exact) mass is 505 g/mol. The molecule has 1 aromatic carbocycles. The zero-order valence-electron chi connectivity index (χ0n) is 18.1. The van der Waals surface area contributed by atoms with E-state index in [1.54, 1.807) is 45.0 Å². The molecule has 33 heavy (non-hydrogen) atoms. The first-order valence-electron chi connectivity index (χ1n) is 9.95. The normalized spacial score (nSPS) is 15.8. The van der Waals surface area contributed by atoms with E-state index in [0.29, 0.717) is 32.8 Å². The van der Waals surface area contributed by atoms with Crippen LogP contribution in [0.1, 0.15) is 32.4 Å². The highest BCUT2D eigenvalue weighted by Crippen LogP contribution is 2.41. The number of rotatable bonds is 7. The highest BCUT2D eigenvalue weighted by atomic mass is 35.5. The number of benzene rings is 1. The summed E-state index contributed by atoms with van der Waals surface area (Å²) in [7, 11) is 0. The maximum absolute atomic E-state index is 13.3. The maximum Gasteiger partial charge on any atom is 0.316 e. The fourth-order valence-electron chi connectivity index (χ4n) is 3.28. The SMILES string of the molecule is CC1=C(C(=O)Nc2ccc(Cl)cc2Cl)[C@H](c2ccco2)C(C#N)=C(SCC(=O)OC(C)C)N1. The van der Waals surface area contributed by atoms with Crippen molar-refractivity contribution in [3.05, 3.63) is 74.3 Å². The largest absolute Gasteiger partial charge is 0.468 e. The van der Waals surface area contributed by atoms with Crippen LogP contribution in [0.2, 0.25) is 10.0 Å². The minimum atomic E-state index is -0.777. The number of nitrogens with one attached hydrogen (secondary N) is 2. The molecule has 0 fully saturated rings. The number of nitrogens with zero attached hydrogens (tertiary/aromatic N) is 1. The quantitative estimate of drug-likeness (QED) is 0.471. The molecule has 1 aromatic heterocycles. The van der Waals surface area contributed by atoms with E-state index < -0.39 is 17.8 Å². The van der Waals surface area contributed by atoms with E-state index in [1.807, 2.05) is 0 Å². The van der Waals surface area contributed by atoms with Gasteiger partial charge in [0.15, 0.2) is 0 Å². The Balaban J connectivity index is 1.94. The van der Waals surface area contributed by atoms with E-state index in [1.165, 1.54) is 12.3 Å². The standard InChI is InChI=1S/C23H21Cl2N3O4S/c1-12(2)32-19(29)11-33-23-15(10-26)21(18-5-4-8-31-18)20(13(3)27-23)22(30)28-17-7-6-14(24)9-16(17)25/h4-9,12,21,27H,11H2,1-3H3,(H,28,30)/t21-/m0/s1. The minimum Gasteiger partial charge on any atom is -0.468 e. The van der Waals surface area contributed by atoms with Crippen molar-refractivity contribution < 1.29 is 18.7 Å². The third-order valence-corrected chi connectivity index (χ3v) is 6.14. The Kier molecular flexibility index (Phi) is 8.14. The van der Waals surface area contributed by atoms with E-state index in [2.05, 4.69) is 16.7 Å². The summed E-state index contributed by atoms with van der Waals surface area (Å²) >= 11 is 13.3. The van der Waals surface area contributed by atoms with Gasteiger partial charge in [-0.1, -0.05) is 35.0 Å². The molecule has 1 aliphatic heterocycles. The molecule has 2 heterocycles. The summed E-state index contributed by atoms with van der Waals surface area (Å²) < 4.78 is 10.8. The van der Waals surface area contributed by atoms with Crippen LogP contribution in [0.4, 0.5) is 5.69 Å². The molecule has 0 unspecified atom stereocenters. The van der Waals surface area contributed by atoms with Gasteiger partial charge in [0.25, 0.3) is 5.91 Å². The van der Waals surface area contributed by atoms with Crippen LogP contribution < -0.4 is 10.6 Å². The predicted molar refractivity (Wildman–Crippen MR) is 129 cm³/mol. The lowest BCUT2D eigenvalue weighted by molar-refractivity contribution is -0.144. The number of amides is 1. The molecular formula is C23H21Cl2N3O4S. The smallest absolute Gasteiger partial charge is 0.316 e. The summed E-state index contributed by atoms with van der Waals surface area (Å²) in [6.45, 7) is 5.24. The second-order valence-corrected chi connectivity index (χ2v) is 9.20. The summed E-state index contributed by atoms with van der Waals surface area (Å²) in [6.07, 6.45) is 1.23. The van der Waals surface area contributed by atoms with Crippen molar-refractivity contribution in [1.82, 2.24) is 5.32 Å². The number of ether oxygens (including phenoxy) is 1. The number of carbonyl (C=O) groups excluding carboxylic acids is 2. The second kappa shape index (κ2) is 10.8. The molecule has 3 rings (SSSR count). The number of halogens is 2. The number of hydrogen-bond donors (Lipinski definition) is 2. The van der Waals surface area contributed by atoms with Crippen LogP contribution in [-0.4, -0.2) is 23.7 Å². The van der Waals surface area contributed by atoms with Crippen molar-refractivity contribution in [2.24, 2.45) is 0 Å². The third-order valence-electron chi connectivity index (χ3n) is 4.60. The van der Waals surface area contributed by atoms with Crippen molar-refractivity contribution in [2.45, 2.75) is 32.8 Å². The molecule has 2 N–H and O–H groups in total. The molecule has 0 aliphatic carbocycles. The van der Waals surface area contributed by atoms with Crippen LogP contribution in [0.25, 0.3) is 0 Å². The molecule has 0 bridgehead atoms. The number of carbonyl (C=O) groups is 2. The van der Waals surface area contributed by atoms with Gasteiger partial charge in [-0.05, 0) is 51.1 Å². The minimum absolute atomic E-state index is 0.00571. The van der Waals surface area contributed by atoms with Gasteiger partial charge in [0.1, 0.15) is 5.76 Å². The van der Waals surface area contributed by atoms with Crippen LogP contribution in [0.15, 0.2) is 62.9 Å². The summed E-state index contributed by atoms with van der Waals surface area (Å²) in [5.41, 5.74) is 1.44. The first-order valence-corrected chi connectivity index (χ1v) is 11.7. The Morgan fingerprint density at radius 2 is 2.09 bits per heavy atom. The number of hydrogen-bond acceptors (Lipinski definition) is 7. The van der Waals surface area contributed by atoms with Crippen LogP contribution in [-0.2, 0) is 14.3 Å². The van der Waals surface area contributed by atoms with E-state index in [0.717, 1.165) is 11.8 Å². The number of dihydropyridines is 1. The van der Waals surface area contributed by atoms with Gasteiger partial charge in [0.2, 0.25) is 0 Å². The van der Waals surface area contributed by atoms with Gasteiger partial charge in [0.05, 0.1) is 57.0 Å². The van der Waals surface area contributed by atoms with Gasteiger partial charge in [-0.2, -0.15) is 5.26 Å². The average molecular weight is 506 g/mol. The lowest BCUT2D eigenvalue weighted by Crippen LogP contribution is -2.31. The molecule has 0 saturated carbocycles. The Morgan fingerprint density at radius 1 is 1.33 bits per heavy atom. The van der Waals surface area contributed by atoms with Gasteiger partial charge in [-0.25, -0.2) is 0 Å². The molecule has 1 aliphatic rings. The molecule has 0 spiro atoms. The highest BCUT2D eigenvalue weighted by molar-refractivity contribution is 8.03. The fourth-order valence-corrected chi connectivity index (χ4v) is 4.61. The fraction of sp³-hybridized carbons (Fsp3) is 0.261. The van der Waals surface area contributed by atoms with Crippen LogP contribution >= 0.6 is 35.0 Å². The van der Waals surface area contributed by atoms with Gasteiger partial charge >= 0.3 is 5.97 Å². The van der Waals surface area contributed by atoms with Crippen molar-refractivity contribution in [3.8, 4) is 6.07 Å². The van der Waals surface area contributed by atoms with Crippen LogP contribution in [0.3, 0.4) is 0 Å². The molecule has 1 atom stereocenters. The number of furan rings is 1. The van der Waals surface area contributed by atoms with Gasteiger partial charge < -0.3 is 19.8 Å². The van der Waals surface area contributed by atoms with Crippen molar-refractivity contribution >= 4 is 52.5 Å². The Morgan fingerprint density at radius 3 is 2.70 bits per heavy atom. The number of allylic oxidation sites excluding steroid dienone is 2. The van der Waals surface area contributed by atoms with Crippen LogP contribution in [0, 0.1) is 11.3 Å². The predicted octanol–water partition coefficient (Wildman–Crippen LogP) is 5.61. The lowest BCUT2D eigenvalue weighted by atomic mass is 9.85. The topological polar surface area (TPSA) is 104 Å². The Bertz CT molecular complexity index is 1170. The Hall–Kier alpha value is -2.86. The molecule has 0 saturated heterocycles. The van der Waals surface area contributed by atoms with E-state index in [9.17, 15) is 14.9 Å². The molecule has 172 valence electrons. The molecule has 2 aromatic rings. The first kappa shape index (κ1) is 24.8. The lowest BCUT2D eigenvalue weighted by Gasteiger charge is -2.28. The molecule has 0 radical (unpaired) electrons. The van der Waals surface area contributed by atoms with E-state index >= 15 is 0 Å². The molecular weight excluding hydrogens is 485 g/mol. The van der Waals surface area contributed by atoms with Crippen molar-refractivity contribution in [2.75, 3.05) is 11.1 Å². The molecule has 7 nitrogen and oxygen atoms in total. The van der Waals surface area contributed by atoms with E-state index in [-0.39, 0.29) is 22.5 Å². The van der Waals surface area contributed by atoms with Crippen LogP contribution in [0.5, 0.6) is 0 Å². The first-order chi connectivity index (χ1) is 15.7. The number of nitriles is 1. The summed E-state index contributed by atoms with van der Waals surface area (Å²) in [5, 5.41) is 17.0. The second-order valence-electron chi connectivity index (χ2n) is 7.37. The number of thioether (sulfide) groups is 1. The molecule has 10 heteroatoms. The summed E-state index contributed by atoms with van der Waals surface area (Å²) in [6, 6.07) is 10.3. The number of anilines is 1. The van der Waals surface area contributed by atoms with Crippen molar-refractivity contribution in [3.63, 3.8) is 0 Å². The Labute approximate surface area is 205 Å². The van der Waals surface area contributed by atoms with Gasteiger partial charge in [-0.15, -0.1) is 0 Å². The maximum atomic E-state index is 13.3. The highest BCUT2D eigenvalue weighted by Gasteiger charge is 2.36. The average Bonchev–Trinajstić information content (AvgIpc) is 3.27. The zero-order valence-corrected chi connectivity index (χ0v) is 20.4. The summed E-state index contributed by atoms with van der Waals surface area (Å²) in [5.74, 6) is -1.21. The summed E-state index contributed by atoms with van der Waals surface area (Å²) in [4.78, 5) is 25.3. The number of esters is 1. The van der Waals surface area contributed by atoms with Crippen molar-refractivity contribution in [1.29, 1.82) is 5.26 Å². The zero-order chi connectivity index (χ0) is 24.1. The van der Waals surface area contributed by atoms with Gasteiger partial charge in [-0.3, -0.25) is 9.59 Å².